The summed E-state index contributed by atoms with van der Waals surface area (Å²) in [6.07, 6.45) is 3.19. The van der Waals surface area contributed by atoms with Crippen LogP contribution in [-0.4, -0.2) is 47.0 Å². The number of carbonyl (C=O) groups is 3. The van der Waals surface area contributed by atoms with Crippen LogP contribution >= 0.6 is 11.6 Å². The number of carboxylic acid groups (broad SMARTS) is 1. The highest BCUT2D eigenvalue weighted by atomic mass is 35.5. The molecule has 1 aliphatic heterocycles. The highest BCUT2D eigenvalue weighted by molar-refractivity contribution is 6.30. The molecule has 3 N–H and O–H groups in total. The largest absolute Gasteiger partial charge is 0.481 e. The van der Waals surface area contributed by atoms with Crippen LogP contribution < -0.4 is 10.6 Å². The van der Waals surface area contributed by atoms with Crippen LogP contribution in [0.15, 0.2) is 24.3 Å². The summed E-state index contributed by atoms with van der Waals surface area (Å²) >= 11 is 5.81. The molecule has 1 saturated heterocycles. The molecule has 26 heavy (non-hydrogen) atoms. The van der Waals surface area contributed by atoms with Gasteiger partial charge in [-0.15, -0.1) is 0 Å². The lowest BCUT2D eigenvalue weighted by atomic mass is 9.98. The van der Waals surface area contributed by atoms with Gasteiger partial charge in [-0.3, -0.25) is 9.59 Å². The molecule has 1 aromatic carbocycles. The van der Waals surface area contributed by atoms with Gasteiger partial charge >= 0.3 is 12.0 Å². The summed E-state index contributed by atoms with van der Waals surface area (Å²) in [4.78, 5) is 36.7. The number of nitrogens with zero attached hydrogens (tertiary/aromatic N) is 1. The first-order chi connectivity index (χ1) is 12.5. The molecule has 3 amide bonds. The zero-order valence-electron chi connectivity index (χ0n) is 14.5. The first-order valence-electron chi connectivity index (χ1n) is 8.73. The lowest BCUT2D eigenvalue weighted by Gasteiger charge is -2.35. The molecule has 2 rings (SSSR count). The second-order valence-electron chi connectivity index (χ2n) is 6.33. The van der Waals surface area contributed by atoms with E-state index in [4.69, 9.17) is 16.7 Å². The van der Waals surface area contributed by atoms with Crippen LogP contribution in [0, 0.1) is 0 Å². The van der Waals surface area contributed by atoms with E-state index in [2.05, 4.69) is 10.6 Å². The number of amides is 3. The molecule has 1 atom stereocenters. The minimum absolute atomic E-state index is 0.0451. The van der Waals surface area contributed by atoms with Gasteiger partial charge in [0.25, 0.3) is 0 Å². The average molecular weight is 382 g/mol. The van der Waals surface area contributed by atoms with E-state index in [9.17, 15) is 14.4 Å². The fourth-order valence-electron chi connectivity index (χ4n) is 3.02. The van der Waals surface area contributed by atoms with Gasteiger partial charge in [-0.05, 0) is 43.4 Å². The maximum Gasteiger partial charge on any atom is 0.315 e. The maximum atomic E-state index is 12.4. The van der Waals surface area contributed by atoms with E-state index in [0.717, 1.165) is 24.8 Å². The van der Waals surface area contributed by atoms with Gasteiger partial charge in [0.2, 0.25) is 5.91 Å². The molecule has 1 fully saturated rings. The molecule has 7 nitrogen and oxygen atoms in total. The van der Waals surface area contributed by atoms with Crippen LogP contribution in [0.4, 0.5) is 4.79 Å². The molecule has 0 aliphatic carbocycles. The lowest BCUT2D eigenvalue weighted by molar-refractivity contribution is -0.139. The molecular weight excluding hydrogens is 358 g/mol. The Morgan fingerprint density at radius 1 is 1.15 bits per heavy atom. The predicted octanol–water partition coefficient (Wildman–Crippen LogP) is 2.39. The minimum Gasteiger partial charge on any atom is -0.481 e. The zero-order valence-corrected chi connectivity index (χ0v) is 15.3. The number of urea groups is 1. The fourth-order valence-corrected chi connectivity index (χ4v) is 3.15. The van der Waals surface area contributed by atoms with Crippen LogP contribution in [0.3, 0.4) is 0 Å². The van der Waals surface area contributed by atoms with E-state index in [0.29, 0.717) is 24.5 Å². The van der Waals surface area contributed by atoms with E-state index in [1.807, 2.05) is 12.1 Å². The minimum atomic E-state index is -0.859. The second kappa shape index (κ2) is 10.0. The Bertz CT molecular complexity index is 636. The molecular formula is C18H24ClN3O4. The number of benzene rings is 1. The van der Waals surface area contributed by atoms with Gasteiger partial charge in [0.15, 0.2) is 0 Å². The van der Waals surface area contributed by atoms with Gasteiger partial charge in [0.1, 0.15) is 0 Å². The lowest BCUT2D eigenvalue weighted by Crippen LogP contribution is -2.49. The monoisotopic (exact) mass is 381 g/mol. The second-order valence-corrected chi connectivity index (χ2v) is 6.77. The number of rotatable bonds is 7. The van der Waals surface area contributed by atoms with Crippen LogP contribution in [0.1, 0.15) is 37.7 Å². The van der Waals surface area contributed by atoms with E-state index in [-0.39, 0.29) is 24.9 Å². The van der Waals surface area contributed by atoms with Crippen molar-refractivity contribution in [2.45, 2.75) is 44.7 Å². The first kappa shape index (κ1) is 20.0. The molecule has 0 radical (unpaired) electrons. The van der Waals surface area contributed by atoms with Gasteiger partial charge in [0, 0.05) is 30.6 Å². The van der Waals surface area contributed by atoms with Crippen molar-refractivity contribution in [1.29, 1.82) is 0 Å². The number of carbonyl (C=O) groups excluding carboxylic acids is 2. The molecule has 1 unspecified atom stereocenters. The van der Waals surface area contributed by atoms with Crippen LogP contribution in [0.5, 0.6) is 0 Å². The quantitative estimate of drug-likeness (QED) is 0.675. The molecule has 0 spiro atoms. The Hall–Kier alpha value is -2.28. The van der Waals surface area contributed by atoms with Gasteiger partial charge in [-0.25, -0.2) is 4.79 Å². The van der Waals surface area contributed by atoms with E-state index in [1.54, 1.807) is 17.0 Å². The predicted molar refractivity (Wildman–Crippen MR) is 97.9 cm³/mol. The SMILES string of the molecule is O=C(O)CCC1CCCCN1C(=O)CNC(=O)NCc1ccc(Cl)cc1. The Kier molecular flexibility index (Phi) is 7.72. The van der Waals surface area contributed by atoms with Crippen molar-refractivity contribution >= 4 is 29.5 Å². The van der Waals surface area contributed by atoms with Crippen molar-refractivity contribution in [3.63, 3.8) is 0 Å². The third-order valence-corrected chi connectivity index (χ3v) is 4.66. The average Bonchev–Trinajstić information content (AvgIpc) is 2.64. The summed E-state index contributed by atoms with van der Waals surface area (Å²) < 4.78 is 0. The van der Waals surface area contributed by atoms with Gasteiger partial charge < -0.3 is 20.6 Å². The summed E-state index contributed by atoms with van der Waals surface area (Å²) in [5.74, 6) is -1.04. The van der Waals surface area contributed by atoms with Crippen molar-refractivity contribution in [3.05, 3.63) is 34.9 Å². The molecule has 1 aliphatic rings. The third-order valence-electron chi connectivity index (χ3n) is 4.41. The smallest absolute Gasteiger partial charge is 0.315 e. The summed E-state index contributed by atoms with van der Waals surface area (Å²) in [6, 6.07) is 6.63. The van der Waals surface area contributed by atoms with E-state index < -0.39 is 12.0 Å². The highest BCUT2D eigenvalue weighted by Crippen LogP contribution is 2.20. The number of hydrogen-bond donors (Lipinski definition) is 3. The summed E-state index contributed by atoms with van der Waals surface area (Å²) in [5, 5.41) is 14.7. The van der Waals surface area contributed by atoms with Crippen molar-refractivity contribution in [2.24, 2.45) is 0 Å². The summed E-state index contributed by atoms with van der Waals surface area (Å²) in [6.45, 7) is 0.843. The Morgan fingerprint density at radius 3 is 2.58 bits per heavy atom. The van der Waals surface area contributed by atoms with E-state index in [1.165, 1.54) is 0 Å². The molecule has 0 bridgehead atoms. The van der Waals surface area contributed by atoms with Crippen LogP contribution in [-0.2, 0) is 16.1 Å². The van der Waals surface area contributed by atoms with Crippen molar-refractivity contribution < 1.29 is 19.5 Å². The Labute approximate surface area is 157 Å². The fraction of sp³-hybridized carbons (Fsp3) is 0.500. The van der Waals surface area contributed by atoms with Gasteiger partial charge in [-0.2, -0.15) is 0 Å². The molecule has 1 aromatic rings. The number of likely N-dealkylation sites (tertiary alicyclic amines) is 1. The molecule has 0 saturated carbocycles. The number of piperidine rings is 1. The molecule has 8 heteroatoms. The van der Waals surface area contributed by atoms with Crippen molar-refractivity contribution in [3.8, 4) is 0 Å². The Balaban J connectivity index is 1.75. The summed E-state index contributed by atoms with van der Waals surface area (Å²) in [7, 11) is 0. The van der Waals surface area contributed by atoms with Crippen molar-refractivity contribution in [1.82, 2.24) is 15.5 Å². The number of halogens is 1. The summed E-state index contributed by atoms with van der Waals surface area (Å²) in [5.41, 5.74) is 0.903. The molecule has 0 aromatic heterocycles. The maximum absolute atomic E-state index is 12.4. The molecule has 142 valence electrons. The van der Waals surface area contributed by atoms with Crippen LogP contribution in [0.25, 0.3) is 0 Å². The van der Waals surface area contributed by atoms with Crippen LogP contribution in [0.2, 0.25) is 5.02 Å². The third kappa shape index (κ3) is 6.55. The zero-order chi connectivity index (χ0) is 18.9. The normalized spacial score (nSPS) is 16.8. The van der Waals surface area contributed by atoms with E-state index >= 15 is 0 Å². The first-order valence-corrected chi connectivity index (χ1v) is 9.11. The van der Waals surface area contributed by atoms with Gasteiger partial charge in [-0.1, -0.05) is 23.7 Å². The number of carboxylic acids is 1. The molecule has 1 heterocycles. The topological polar surface area (TPSA) is 98.7 Å². The standard InChI is InChI=1S/C18H24ClN3O4/c19-14-6-4-13(5-7-14)11-20-18(26)21-12-16(23)22-10-2-1-3-15(22)8-9-17(24)25/h4-7,15H,1-3,8-12H2,(H,24,25)(H2,20,21,26). The van der Waals surface area contributed by atoms with Gasteiger partial charge in [0.05, 0.1) is 6.54 Å². The highest BCUT2D eigenvalue weighted by Gasteiger charge is 2.26. The van der Waals surface area contributed by atoms with Crippen molar-refractivity contribution in [2.75, 3.05) is 13.1 Å². The number of nitrogens with one attached hydrogen (secondary N) is 2. The Morgan fingerprint density at radius 2 is 1.88 bits per heavy atom. The number of hydrogen-bond acceptors (Lipinski definition) is 3. The number of aliphatic carboxylic acids is 1.